The minimum atomic E-state index is 0.247. The Bertz CT molecular complexity index is 476. The van der Waals surface area contributed by atoms with E-state index in [2.05, 4.69) is 32.8 Å². The van der Waals surface area contributed by atoms with Crippen LogP contribution in [0.5, 0.6) is 5.88 Å². The highest BCUT2D eigenvalue weighted by Gasteiger charge is 2.07. The highest BCUT2D eigenvalue weighted by atomic mass is 79.9. The molecule has 88 valence electrons. The second-order valence-corrected chi connectivity index (χ2v) is 4.69. The first-order valence-electron chi connectivity index (χ1n) is 5.41. The summed E-state index contributed by atoms with van der Waals surface area (Å²) in [5.74, 6) is 0.874. The van der Waals surface area contributed by atoms with E-state index in [1.807, 2.05) is 30.3 Å². The number of pyridine rings is 2. The third-order valence-corrected chi connectivity index (χ3v) is 2.86. The number of hydrogen-bond acceptors (Lipinski definition) is 3. The van der Waals surface area contributed by atoms with Gasteiger partial charge in [0.2, 0.25) is 5.88 Å². The number of ether oxygens (including phenoxy) is 1. The van der Waals surface area contributed by atoms with E-state index in [0.29, 0.717) is 12.5 Å². The molecule has 4 heteroatoms. The summed E-state index contributed by atoms with van der Waals surface area (Å²) in [6.07, 6.45) is 3.51. The molecule has 0 radical (unpaired) electrons. The quantitative estimate of drug-likeness (QED) is 0.866. The van der Waals surface area contributed by atoms with E-state index >= 15 is 0 Å². The van der Waals surface area contributed by atoms with Gasteiger partial charge in [0.15, 0.2) is 0 Å². The second-order valence-electron chi connectivity index (χ2n) is 3.78. The molecule has 2 aromatic heterocycles. The molecule has 0 amide bonds. The van der Waals surface area contributed by atoms with E-state index in [0.717, 1.165) is 10.2 Å². The third-order valence-electron chi connectivity index (χ3n) is 2.37. The first kappa shape index (κ1) is 12.0. The van der Waals surface area contributed by atoms with Crippen LogP contribution < -0.4 is 4.74 Å². The first-order chi connectivity index (χ1) is 8.25. The minimum Gasteiger partial charge on any atom is -0.477 e. The smallest absolute Gasteiger partial charge is 0.214 e. The Kier molecular flexibility index (Phi) is 4.09. The largest absolute Gasteiger partial charge is 0.477 e. The van der Waals surface area contributed by atoms with Gasteiger partial charge in [-0.15, -0.1) is 0 Å². The van der Waals surface area contributed by atoms with E-state index in [4.69, 9.17) is 4.74 Å². The van der Waals surface area contributed by atoms with Crippen LogP contribution in [0.15, 0.2) is 47.2 Å². The van der Waals surface area contributed by atoms with Gasteiger partial charge in [-0.3, -0.25) is 4.98 Å². The summed E-state index contributed by atoms with van der Waals surface area (Å²) in [6, 6.07) is 9.62. The van der Waals surface area contributed by atoms with Crippen molar-refractivity contribution in [2.45, 2.75) is 12.8 Å². The summed E-state index contributed by atoms with van der Waals surface area (Å²) >= 11 is 3.38. The maximum absolute atomic E-state index is 5.62. The van der Waals surface area contributed by atoms with E-state index in [-0.39, 0.29) is 5.92 Å². The Morgan fingerprint density at radius 3 is 2.82 bits per heavy atom. The zero-order chi connectivity index (χ0) is 12.1. The monoisotopic (exact) mass is 292 g/mol. The Hall–Kier alpha value is -1.42. The molecule has 0 N–H and O–H groups in total. The van der Waals surface area contributed by atoms with Gasteiger partial charge in [-0.2, -0.15) is 0 Å². The maximum Gasteiger partial charge on any atom is 0.214 e. The molecule has 0 bridgehead atoms. The van der Waals surface area contributed by atoms with E-state index in [1.165, 1.54) is 0 Å². The minimum absolute atomic E-state index is 0.247. The zero-order valence-corrected chi connectivity index (χ0v) is 11.1. The van der Waals surface area contributed by atoms with Crippen LogP contribution in [0.25, 0.3) is 0 Å². The van der Waals surface area contributed by atoms with Crippen molar-refractivity contribution in [3.05, 3.63) is 52.9 Å². The van der Waals surface area contributed by atoms with Crippen LogP contribution in [0.1, 0.15) is 18.5 Å². The molecule has 2 rings (SSSR count). The molecule has 1 unspecified atom stereocenters. The molecular formula is C13H13BrN2O. The van der Waals surface area contributed by atoms with Crippen molar-refractivity contribution in [1.82, 2.24) is 9.97 Å². The van der Waals surface area contributed by atoms with Crippen LogP contribution >= 0.6 is 15.9 Å². The van der Waals surface area contributed by atoms with Crippen molar-refractivity contribution >= 4 is 15.9 Å². The molecule has 1 atom stereocenters. The van der Waals surface area contributed by atoms with Crippen molar-refractivity contribution in [3.8, 4) is 5.88 Å². The molecule has 0 spiro atoms. The van der Waals surface area contributed by atoms with Gasteiger partial charge in [-0.05, 0) is 18.2 Å². The number of aromatic nitrogens is 2. The molecule has 0 saturated carbocycles. The summed E-state index contributed by atoms with van der Waals surface area (Å²) in [4.78, 5) is 8.43. The van der Waals surface area contributed by atoms with Crippen LogP contribution in [0, 0.1) is 0 Å². The van der Waals surface area contributed by atoms with Crippen LogP contribution in [0.4, 0.5) is 0 Å². The molecule has 0 saturated heterocycles. The van der Waals surface area contributed by atoms with Gasteiger partial charge in [0.1, 0.15) is 0 Å². The molecule has 3 nitrogen and oxygen atoms in total. The zero-order valence-electron chi connectivity index (χ0n) is 9.51. The van der Waals surface area contributed by atoms with Crippen LogP contribution in [0.3, 0.4) is 0 Å². The SMILES string of the molecule is CC(COc1cc(Br)ccn1)c1ccccn1. The first-order valence-corrected chi connectivity index (χ1v) is 6.20. The second kappa shape index (κ2) is 5.77. The molecule has 2 heterocycles. The van der Waals surface area contributed by atoms with Crippen LogP contribution in [-0.4, -0.2) is 16.6 Å². The van der Waals surface area contributed by atoms with Crippen molar-refractivity contribution in [2.75, 3.05) is 6.61 Å². The van der Waals surface area contributed by atoms with Gasteiger partial charge in [-0.1, -0.05) is 28.9 Å². The van der Waals surface area contributed by atoms with Crippen molar-refractivity contribution in [2.24, 2.45) is 0 Å². The summed E-state index contributed by atoms with van der Waals surface area (Å²) in [7, 11) is 0. The summed E-state index contributed by atoms with van der Waals surface area (Å²) in [5.41, 5.74) is 1.03. The normalized spacial score (nSPS) is 12.1. The predicted molar refractivity (Wildman–Crippen MR) is 70.1 cm³/mol. The van der Waals surface area contributed by atoms with E-state index in [1.54, 1.807) is 12.4 Å². The van der Waals surface area contributed by atoms with Gasteiger partial charge in [0.05, 0.1) is 6.61 Å². The van der Waals surface area contributed by atoms with Gasteiger partial charge in [0.25, 0.3) is 0 Å². The number of rotatable bonds is 4. The molecule has 0 aromatic carbocycles. The van der Waals surface area contributed by atoms with Gasteiger partial charge < -0.3 is 4.74 Å². The van der Waals surface area contributed by atoms with E-state index < -0.39 is 0 Å². The summed E-state index contributed by atoms with van der Waals surface area (Å²) < 4.78 is 6.59. The van der Waals surface area contributed by atoms with Crippen LogP contribution in [0.2, 0.25) is 0 Å². The van der Waals surface area contributed by atoms with Gasteiger partial charge >= 0.3 is 0 Å². The number of hydrogen-bond donors (Lipinski definition) is 0. The Labute approximate surface area is 109 Å². The summed E-state index contributed by atoms with van der Waals surface area (Å²) in [6.45, 7) is 2.65. The average molecular weight is 293 g/mol. The van der Waals surface area contributed by atoms with Crippen molar-refractivity contribution in [3.63, 3.8) is 0 Å². The molecule has 0 aliphatic carbocycles. The molecule has 2 aromatic rings. The third kappa shape index (κ3) is 3.53. The highest BCUT2D eigenvalue weighted by molar-refractivity contribution is 9.10. The molecule has 0 aliphatic rings. The molecular weight excluding hydrogens is 280 g/mol. The van der Waals surface area contributed by atoms with E-state index in [9.17, 15) is 0 Å². The summed E-state index contributed by atoms with van der Waals surface area (Å²) in [5, 5.41) is 0. The lowest BCUT2D eigenvalue weighted by Gasteiger charge is -2.11. The van der Waals surface area contributed by atoms with Gasteiger partial charge in [0, 0.05) is 34.5 Å². The van der Waals surface area contributed by atoms with Crippen LogP contribution in [-0.2, 0) is 0 Å². The van der Waals surface area contributed by atoms with Gasteiger partial charge in [-0.25, -0.2) is 4.98 Å². The average Bonchev–Trinajstić information content (AvgIpc) is 2.37. The standard InChI is InChI=1S/C13H13BrN2O/c1-10(12-4-2-3-6-15-12)9-17-13-8-11(14)5-7-16-13/h2-8,10H,9H2,1H3. The Morgan fingerprint density at radius 2 is 2.12 bits per heavy atom. The fourth-order valence-electron chi connectivity index (χ4n) is 1.43. The Morgan fingerprint density at radius 1 is 1.24 bits per heavy atom. The van der Waals surface area contributed by atoms with Crippen molar-refractivity contribution in [1.29, 1.82) is 0 Å². The topological polar surface area (TPSA) is 35.0 Å². The lowest BCUT2D eigenvalue weighted by Crippen LogP contribution is -2.09. The fourth-order valence-corrected chi connectivity index (χ4v) is 1.74. The molecule has 0 aliphatic heterocycles. The Balaban J connectivity index is 1.95. The maximum atomic E-state index is 5.62. The fraction of sp³-hybridized carbons (Fsp3) is 0.231. The van der Waals surface area contributed by atoms with Crippen molar-refractivity contribution < 1.29 is 4.74 Å². The number of nitrogens with zero attached hydrogens (tertiary/aromatic N) is 2. The molecule has 0 fully saturated rings. The number of halogens is 1. The lowest BCUT2D eigenvalue weighted by molar-refractivity contribution is 0.283. The predicted octanol–water partition coefficient (Wildman–Crippen LogP) is 3.42. The lowest BCUT2D eigenvalue weighted by atomic mass is 10.1. The highest BCUT2D eigenvalue weighted by Crippen LogP contribution is 2.17. The molecule has 17 heavy (non-hydrogen) atoms.